The Bertz CT molecular complexity index is 194. The maximum absolute atomic E-state index is 12.7. The van der Waals surface area contributed by atoms with Crippen molar-refractivity contribution >= 4 is 57.4 Å². The predicted molar refractivity (Wildman–Crippen MR) is 49.2 cm³/mol. The van der Waals surface area contributed by atoms with Crippen LogP contribution in [0.3, 0.4) is 0 Å². The van der Waals surface area contributed by atoms with Gasteiger partial charge >= 0.3 is 19.6 Å². The van der Waals surface area contributed by atoms with Gasteiger partial charge in [-0.05, 0) is 34.2 Å². The Hall–Kier alpha value is 1.18. The number of halogens is 10. The van der Waals surface area contributed by atoms with Crippen LogP contribution in [-0.2, 0) is 0 Å². The Morgan fingerprint density at radius 2 is 1.07 bits per heavy atom. The SMILES string of the molecule is FC(F)(Cl)C(F)(Cl)C(F)(F)C(F)(Cl)I. The fourth-order valence-electron chi connectivity index (χ4n) is 0.356. The lowest BCUT2D eigenvalue weighted by molar-refractivity contribution is -0.189. The molecule has 0 saturated heterocycles. The molecule has 86 valence electrons. The molecule has 0 rings (SSSR count). The van der Waals surface area contributed by atoms with Crippen molar-refractivity contribution in [1.82, 2.24) is 0 Å². The van der Waals surface area contributed by atoms with E-state index in [2.05, 4.69) is 34.8 Å². The van der Waals surface area contributed by atoms with Crippen LogP contribution < -0.4 is 0 Å². The Labute approximate surface area is 103 Å². The molecule has 0 nitrogen and oxygen atoms in total. The first kappa shape index (κ1) is 15.2. The minimum atomic E-state index is -5.38. The topological polar surface area (TPSA) is 0 Å². The van der Waals surface area contributed by atoms with E-state index in [1.54, 1.807) is 0 Å². The fraction of sp³-hybridized carbons (Fsp3) is 1.00. The standard InChI is InChI=1S/C4Cl3F6I/c5-1(8,3(6,11)12)2(9,10)4(7,13)14. The van der Waals surface area contributed by atoms with E-state index in [1.807, 2.05) is 0 Å². The lowest BCUT2D eigenvalue weighted by Crippen LogP contribution is -2.57. The quantitative estimate of drug-likeness (QED) is 0.371. The molecule has 2 atom stereocenters. The van der Waals surface area contributed by atoms with E-state index < -0.39 is 19.6 Å². The molecule has 0 aliphatic heterocycles. The van der Waals surface area contributed by atoms with Crippen LogP contribution in [0, 0.1) is 0 Å². The summed E-state index contributed by atoms with van der Waals surface area (Å²) in [5, 5.41) is -10.3. The van der Waals surface area contributed by atoms with Crippen LogP contribution >= 0.6 is 57.4 Å². The molecule has 0 amide bonds. The monoisotopic (exact) mass is 394 g/mol. The van der Waals surface area contributed by atoms with Crippen LogP contribution in [-0.4, -0.2) is 19.6 Å². The number of hydrogen-bond acceptors (Lipinski definition) is 0. The number of hydrogen-bond donors (Lipinski definition) is 0. The predicted octanol–water partition coefficient (Wildman–Crippen LogP) is 4.66. The van der Waals surface area contributed by atoms with Crippen LogP contribution in [0.1, 0.15) is 0 Å². The molecule has 0 aliphatic carbocycles. The molecule has 2 unspecified atom stereocenters. The summed E-state index contributed by atoms with van der Waals surface area (Å²) in [4.78, 5) is 0. The zero-order chi connectivity index (χ0) is 12.0. The molecular weight excluding hydrogens is 395 g/mol. The van der Waals surface area contributed by atoms with Gasteiger partial charge in [0.1, 0.15) is 0 Å². The zero-order valence-electron chi connectivity index (χ0n) is 5.78. The van der Waals surface area contributed by atoms with Crippen molar-refractivity contribution in [1.29, 1.82) is 0 Å². The normalized spacial score (nSPS) is 22.7. The minimum Gasteiger partial charge on any atom is -0.211 e. The third-order valence-corrected chi connectivity index (χ3v) is 2.85. The van der Waals surface area contributed by atoms with Crippen molar-refractivity contribution in [3.63, 3.8) is 0 Å². The Balaban J connectivity index is 5.30. The largest absolute Gasteiger partial charge is 0.375 e. The van der Waals surface area contributed by atoms with E-state index >= 15 is 0 Å². The van der Waals surface area contributed by atoms with Crippen molar-refractivity contribution in [2.24, 2.45) is 0 Å². The second-order valence-corrected chi connectivity index (χ2v) is 5.78. The van der Waals surface area contributed by atoms with Gasteiger partial charge in [-0.25, -0.2) is 8.78 Å². The lowest BCUT2D eigenvalue weighted by atomic mass is 10.2. The maximum atomic E-state index is 12.7. The van der Waals surface area contributed by atoms with Gasteiger partial charge in [-0.1, -0.05) is 23.2 Å². The molecule has 0 aliphatic rings. The molecule has 0 radical (unpaired) electrons. The molecule has 10 heteroatoms. The highest BCUT2D eigenvalue weighted by atomic mass is 127. The van der Waals surface area contributed by atoms with Gasteiger partial charge in [-0.3, -0.25) is 0 Å². The maximum Gasteiger partial charge on any atom is 0.375 e. The Morgan fingerprint density at radius 1 is 0.786 bits per heavy atom. The van der Waals surface area contributed by atoms with E-state index in [9.17, 15) is 26.3 Å². The summed E-state index contributed by atoms with van der Waals surface area (Å²) in [5.74, 6) is -5.38. The summed E-state index contributed by atoms with van der Waals surface area (Å²) in [6, 6.07) is 0. The molecule has 0 spiro atoms. The van der Waals surface area contributed by atoms with Gasteiger partial charge in [0.25, 0.3) is 0 Å². The van der Waals surface area contributed by atoms with Gasteiger partial charge in [0.2, 0.25) is 0 Å². The van der Waals surface area contributed by atoms with Gasteiger partial charge < -0.3 is 0 Å². The summed E-state index contributed by atoms with van der Waals surface area (Å²) in [7, 11) is 0. The molecule has 0 fully saturated rings. The van der Waals surface area contributed by atoms with E-state index in [0.717, 1.165) is 0 Å². The smallest absolute Gasteiger partial charge is 0.211 e. The molecule has 0 aromatic carbocycles. The second kappa shape index (κ2) is 3.89. The molecule has 0 heterocycles. The molecule has 14 heavy (non-hydrogen) atoms. The summed E-state index contributed by atoms with van der Waals surface area (Å²) in [5.41, 5.74) is 0. The van der Waals surface area contributed by atoms with Crippen LogP contribution in [0.5, 0.6) is 0 Å². The van der Waals surface area contributed by atoms with E-state index in [4.69, 9.17) is 0 Å². The molecule has 0 N–H and O–H groups in total. The third-order valence-electron chi connectivity index (χ3n) is 1.11. The average molecular weight is 395 g/mol. The number of rotatable bonds is 3. The lowest BCUT2D eigenvalue weighted by Gasteiger charge is -2.33. The highest BCUT2D eigenvalue weighted by Gasteiger charge is 2.76. The molecule has 0 bridgehead atoms. The van der Waals surface area contributed by atoms with Crippen LogP contribution in [0.2, 0.25) is 0 Å². The number of alkyl halides is 10. The van der Waals surface area contributed by atoms with Crippen molar-refractivity contribution < 1.29 is 26.3 Å². The Morgan fingerprint density at radius 3 is 1.14 bits per heavy atom. The highest BCUT2D eigenvalue weighted by molar-refractivity contribution is 14.1. The molecule has 0 aromatic heterocycles. The first-order valence-corrected chi connectivity index (χ1v) is 4.85. The summed E-state index contributed by atoms with van der Waals surface area (Å²) in [6.07, 6.45) is 0. The third kappa shape index (κ3) is 2.46. The van der Waals surface area contributed by atoms with E-state index in [0.29, 0.717) is 0 Å². The van der Waals surface area contributed by atoms with Crippen molar-refractivity contribution in [2.45, 2.75) is 19.6 Å². The fourth-order valence-corrected chi connectivity index (χ4v) is 1.31. The van der Waals surface area contributed by atoms with E-state index in [-0.39, 0.29) is 22.6 Å². The van der Waals surface area contributed by atoms with Gasteiger partial charge in [0.05, 0.1) is 0 Å². The van der Waals surface area contributed by atoms with Gasteiger partial charge in [0, 0.05) is 0 Å². The van der Waals surface area contributed by atoms with Crippen molar-refractivity contribution in [3.8, 4) is 0 Å². The van der Waals surface area contributed by atoms with Crippen LogP contribution in [0.25, 0.3) is 0 Å². The summed E-state index contributed by atoms with van der Waals surface area (Å²) < 4.78 is 70.4. The van der Waals surface area contributed by atoms with E-state index in [1.165, 1.54) is 0 Å². The molecule has 0 saturated carbocycles. The van der Waals surface area contributed by atoms with Crippen molar-refractivity contribution in [3.05, 3.63) is 0 Å². The summed E-state index contributed by atoms with van der Waals surface area (Å²) >= 11 is 12.7. The average Bonchev–Trinajstić information content (AvgIpc) is 1.81. The van der Waals surface area contributed by atoms with Gasteiger partial charge in [0.15, 0.2) is 0 Å². The van der Waals surface area contributed by atoms with Crippen LogP contribution in [0.4, 0.5) is 26.3 Å². The molecular formula is C4Cl3F6I. The van der Waals surface area contributed by atoms with Crippen LogP contribution in [0.15, 0.2) is 0 Å². The highest BCUT2D eigenvalue weighted by Crippen LogP contribution is 2.58. The summed E-state index contributed by atoms with van der Waals surface area (Å²) in [6.45, 7) is 0. The van der Waals surface area contributed by atoms with Gasteiger partial charge in [-0.2, -0.15) is 17.6 Å². The zero-order valence-corrected chi connectivity index (χ0v) is 10.2. The first-order valence-electron chi connectivity index (χ1n) is 2.64. The second-order valence-electron chi connectivity index (χ2n) is 2.14. The Kier molecular flexibility index (Phi) is 4.21. The van der Waals surface area contributed by atoms with Crippen molar-refractivity contribution in [2.75, 3.05) is 0 Å². The minimum absolute atomic E-state index is 0.217. The van der Waals surface area contributed by atoms with Gasteiger partial charge in [-0.15, -0.1) is 0 Å². The molecule has 0 aromatic rings. The first-order chi connectivity index (χ1) is 5.75.